The van der Waals surface area contributed by atoms with Gasteiger partial charge < -0.3 is 14.8 Å². The van der Waals surface area contributed by atoms with Crippen molar-refractivity contribution < 1.29 is 27.1 Å². The van der Waals surface area contributed by atoms with Gasteiger partial charge in [-0.3, -0.25) is 0 Å². The number of carbonyl (C=O) groups excluding carboxylic acids is 1. The summed E-state index contributed by atoms with van der Waals surface area (Å²) < 4.78 is 49.2. The van der Waals surface area contributed by atoms with Gasteiger partial charge in [-0.2, -0.15) is 0 Å². The maximum Gasteiger partial charge on any atom is 0.407 e. The second-order valence-electron chi connectivity index (χ2n) is 7.04. The number of ether oxygens (including phenoxy) is 2. The Labute approximate surface area is 160 Å². The molecule has 7 nitrogen and oxygen atoms in total. The number of halogens is 1. The van der Waals surface area contributed by atoms with Gasteiger partial charge in [-0.25, -0.2) is 22.3 Å². The first-order chi connectivity index (χ1) is 12.5. The number of amides is 1. The van der Waals surface area contributed by atoms with Crippen LogP contribution in [0.15, 0.2) is 18.2 Å². The van der Waals surface area contributed by atoms with E-state index in [1.54, 1.807) is 26.8 Å². The topological polar surface area (TPSA) is 93.7 Å². The second-order valence-corrected chi connectivity index (χ2v) is 9.09. The first-order valence-electron chi connectivity index (χ1n) is 8.82. The minimum atomic E-state index is -3.19. The van der Waals surface area contributed by atoms with E-state index in [0.717, 1.165) is 0 Å². The molecule has 1 aromatic carbocycles. The van der Waals surface area contributed by atoms with Crippen molar-refractivity contribution in [3.8, 4) is 5.75 Å². The molecule has 0 aromatic heterocycles. The zero-order valence-corrected chi connectivity index (χ0v) is 17.1. The molecule has 0 bridgehead atoms. The molecule has 0 spiro atoms. The van der Waals surface area contributed by atoms with E-state index in [1.165, 1.54) is 19.2 Å². The second kappa shape index (κ2) is 10.5. The zero-order chi connectivity index (χ0) is 20.5. The van der Waals surface area contributed by atoms with Gasteiger partial charge in [0.05, 0.1) is 12.4 Å². The largest absolute Gasteiger partial charge is 0.493 e. The Kier molecular flexibility index (Phi) is 8.98. The summed E-state index contributed by atoms with van der Waals surface area (Å²) in [6.07, 6.45) is 1.25. The third kappa shape index (κ3) is 10.1. The summed E-state index contributed by atoms with van der Waals surface area (Å²) in [7, 11) is -1.81. The number of carbonyl (C=O) groups is 1. The number of hydrogen-bond donors (Lipinski definition) is 2. The van der Waals surface area contributed by atoms with Crippen LogP contribution in [0.2, 0.25) is 0 Å². The molecule has 0 saturated heterocycles. The molecule has 1 aromatic rings. The van der Waals surface area contributed by atoms with Crippen LogP contribution in [0.5, 0.6) is 5.75 Å². The van der Waals surface area contributed by atoms with Crippen molar-refractivity contribution in [1.82, 2.24) is 10.0 Å². The van der Waals surface area contributed by atoms with E-state index in [-0.39, 0.29) is 12.3 Å². The lowest BCUT2D eigenvalue weighted by Crippen LogP contribution is -2.32. The van der Waals surface area contributed by atoms with Crippen LogP contribution in [0.1, 0.15) is 45.6 Å². The fourth-order valence-corrected chi connectivity index (χ4v) is 2.93. The van der Waals surface area contributed by atoms with Crippen molar-refractivity contribution in [2.75, 3.05) is 19.4 Å². The average molecular weight is 405 g/mol. The molecule has 0 atom stereocenters. The Hall–Kier alpha value is -1.87. The maximum atomic E-state index is 13.5. The number of hydrogen-bond acceptors (Lipinski definition) is 5. The summed E-state index contributed by atoms with van der Waals surface area (Å²) in [5.74, 6) is -0.0332. The predicted octanol–water partition coefficient (Wildman–Crippen LogP) is 2.95. The van der Waals surface area contributed by atoms with Gasteiger partial charge in [0.15, 0.2) is 0 Å². The van der Waals surface area contributed by atoms with Crippen molar-refractivity contribution in [2.45, 2.75) is 52.2 Å². The first kappa shape index (κ1) is 23.2. The summed E-state index contributed by atoms with van der Waals surface area (Å²) >= 11 is 0. The summed E-state index contributed by atoms with van der Waals surface area (Å²) in [5, 5.41) is 2.61. The number of rotatable bonds is 10. The van der Waals surface area contributed by atoms with Crippen LogP contribution in [0.3, 0.4) is 0 Å². The molecule has 0 unspecified atom stereocenters. The zero-order valence-electron chi connectivity index (χ0n) is 16.3. The summed E-state index contributed by atoms with van der Waals surface area (Å²) in [6.45, 7) is 5.76. The average Bonchev–Trinajstić information content (AvgIpc) is 2.55. The Bertz CT molecular complexity index is 717. The van der Waals surface area contributed by atoms with Gasteiger partial charge in [0.1, 0.15) is 17.2 Å². The molecular weight excluding hydrogens is 375 g/mol. The van der Waals surface area contributed by atoms with E-state index in [2.05, 4.69) is 10.0 Å². The summed E-state index contributed by atoms with van der Waals surface area (Å²) in [6, 6.07) is 4.10. The highest BCUT2D eigenvalue weighted by molar-refractivity contribution is 7.89. The highest BCUT2D eigenvalue weighted by Gasteiger charge is 2.16. The molecule has 0 heterocycles. The lowest BCUT2D eigenvalue weighted by Gasteiger charge is -2.20. The van der Waals surface area contributed by atoms with Gasteiger partial charge in [-0.1, -0.05) is 6.07 Å². The van der Waals surface area contributed by atoms with E-state index in [1.807, 2.05) is 0 Å². The molecule has 154 valence electrons. The molecule has 2 N–H and O–H groups in total. The van der Waals surface area contributed by atoms with Crippen molar-refractivity contribution >= 4 is 16.1 Å². The molecule has 0 saturated carbocycles. The van der Waals surface area contributed by atoms with Crippen LogP contribution in [-0.2, 0) is 21.3 Å². The fourth-order valence-electron chi connectivity index (χ4n) is 2.15. The van der Waals surface area contributed by atoms with E-state index < -0.39 is 27.5 Å². The highest BCUT2D eigenvalue weighted by atomic mass is 32.2. The van der Waals surface area contributed by atoms with Crippen LogP contribution in [0.25, 0.3) is 0 Å². The quantitative estimate of drug-likeness (QED) is 0.585. The van der Waals surface area contributed by atoms with Crippen molar-refractivity contribution in [3.05, 3.63) is 29.6 Å². The molecule has 0 aliphatic carbocycles. The van der Waals surface area contributed by atoms with Gasteiger partial charge in [0.2, 0.25) is 10.0 Å². The Morgan fingerprint density at radius 2 is 1.89 bits per heavy atom. The maximum absolute atomic E-state index is 13.5. The minimum Gasteiger partial charge on any atom is -0.493 e. The molecule has 0 radical (unpaired) electrons. The molecular formula is C18H29FN2O5S. The van der Waals surface area contributed by atoms with Crippen molar-refractivity contribution in [3.63, 3.8) is 0 Å². The SMILES string of the molecule is CNS(=O)(=O)CCCCCOc1cc(F)ccc1CNC(=O)OC(C)(C)C. The molecule has 27 heavy (non-hydrogen) atoms. The Morgan fingerprint density at radius 3 is 2.52 bits per heavy atom. The molecule has 0 aliphatic rings. The van der Waals surface area contributed by atoms with E-state index >= 15 is 0 Å². The molecule has 1 amide bonds. The predicted molar refractivity (Wildman–Crippen MR) is 102 cm³/mol. The minimum absolute atomic E-state index is 0.0640. The molecule has 0 aliphatic heterocycles. The third-order valence-electron chi connectivity index (χ3n) is 3.48. The third-order valence-corrected chi connectivity index (χ3v) is 4.93. The van der Waals surface area contributed by atoms with Crippen molar-refractivity contribution in [1.29, 1.82) is 0 Å². The number of unbranched alkanes of at least 4 members (excludes halogenated alkanes) is 2. The van der Waals surface area contributed by atoms with E-state index in [9.17, 15) is 17.6 Å². The van der Waals surface area contributed by atoms with Crippen LogP contribution in [0, 0.1) is 5.82 Å². The van der Waals surface area contributed by atoms with Gasteiger partial charge in [-0.05, 0) is 53.1 Å². The van der Waals surface area contributed by atoms with Crippen molar-refractivity contribution in [2.24, 2.45) is 0 Å². The lowest BCUT2D eigenvalue weighted by molar-refractivity contribution is 0.0523. The first-order valence-corrected chi connectivity index (χ1v) is 10.5. The standard InChI is InChI=1S/C18H29FN2O5S/c1-18(2,3)26-17(22)21-13-14-8-9-15(19)12-16(14)25-10-6-5-7-11-27(23,24)20-4/h8-9,12,20H,5-7,10-11,13H2,1-4H3,(H,21,22). The Morgan fingerprint density at radius 1 is 1.19 bits per heavy atom. The number of benzene rings is 1. The number of nitrogens with one attached hydrogen (secondary N) is 2. The van der Waals surface area contributed by atoms with Gasteiger partial charge in [-0.15, -0.1) is 0 Å². The van der Waals surface area contributed by atoms with E-state index in [4.69, 9.17) is 9.47 Å². The fraction of sp³-hybridized carbons (Fsp3) is 0.611. The van der Waals surface area contributed by atoms with Gasteiger partial charge >= 0.3 is 6.09 Å². The molecule has 1 rings (SSSR count). The van der Waals surface area contributed by atoms with Gasteiger partial charge in [0.25, 0.3) is 0 Å². The number of sulfonamides is 1. The monoisotopic (exact) mass is 404 g/mol. The van der Waals surface area contributed by atoms with Crippen LogP contribution in [0.4, 0.5) is 9.18 Å². The molecule has 9 heteroatoms. The smallest absolute Gasteiger partial charge is 0.407 e. The lowest BCUT2D eigenvalue weighted by atomic mass is 10.2. The normalized spacial score (nSPS) is 11.9. The molecule has 0 fully saturated rings. The van der Waals surface area contributed by atoms with Crippen LogP contribution < -0.4 is 14.8 Å². The van der Waals surface area contributed by atoms with E-state index in [0.29, 0.717) is 37.2 Å². The Balaban J connectivity index is 2.48. The summed E-state index contributed by atoms with van der Waals surface area (Å²) in [4.78, 5) is 11.7. The number of alkyl carbamates (subject to hydrolysis) is 1. The highest BCUT2D eigenvalue weighted by Crippen LogP contribution is 2.20. The van der Waals surface area contributed by atoms with Crippen LogP contribution >= 0.6 is 0 Å². The van der Waals surface area contributed by atoms with Gasteiger partial charge in [0, 0.05) is 18.2 Å². The summed E-state index contributed by atoms with van der Waals surface area (Å²) in [5.41, 5.74) is 0.0208. The van der Waals surface area contributed by atoms with Crippen LogP contribution in [-0.4, -0.2) is 39.5 Å².